The van der Waals surface area contributed by atoms with Crippen LogP contribution in [-0.2, 0) is 14.3 Å². The van der Waals surface area contributed by atoms with Crippen LogP contribution >= 0.6 is 0 Å². The summed E-state index contributed by atoms with van der Waals surface area (Å²) in [5, 5.41) is 11.2. The van der Waals surface area contributed by atoms with Crippen LogP contribution in [0.15, 0.2) is 24.3 Å². The lowest BCUT2D eigenvalue weighted by atomic mass is 10.2. The highest BCUT2D eigenvalue weighted by Gasteiger charge is 2.25. The molecule has 1 aromatic rings. The SMILES string of the molecule is COC(=O)C(COc1cccc(C#N)c1)NC(=O)OC(C)(C)C. The second kappa shape index (κ2) is 8.03. The number of amides is 1. The number of alkyl carbamates (subject to hydrolysis) is 1. The third-order valence-corrected chi connectivity index (χ3v) is 2.56. The summed E-state index contributed by atoms with van der Waals surface area (Å²) in [4.78, 5) is 23.5. The predicted octanol–water partition coefficient (Wildman–Crippen LogP) is 2.00. The van der Waals surface area contributed by atoms with E-state index in [1.54, 1.807) is 39.0 Å². The number of esters is 1. The molecule has 7 heteroatoms. The van der Waals surface area contributed by atoms with E-state index < -0.39 is 23.7 Å². The minimum absolute atomic E-state index is 0.152. The number of benzene rings is 1. The van der Waals surface area contributed by atoms with Gasteiger partial charge in [-0.15, -0.1) is 0 Å². The molecule has 1 N–H and O–H groups in total. The number of nitriles is 1. The van der Waals surface area contributed by atoms with E-state index in [0.29, 0.717) is 11.3 Å². The quantitative estimate of drug-likeness (QED) is 0.833. The van der Waals surface area contributed by atoms with Crippen LogP contribution in [-0.4, -0.2) is 37.4 Å². The van der Waals surface area contributed by atoms with Crippen molar-refractivity contribution in [2.45, 2.75) is 32.4 Å². The second-order valence-corrected chi connectivity index (χ2v) is 5.67. The minimum Gasteiger partial charge on any atom is -0.491 e. The van der Waals surface area contributed by atoms with E-state index in [4.69, 9.17) is 14.7 Å². The Hall–Kier alpha value is -2.75. The molecule has 0 saturated carbocycles. The molecule has 0 aromatic heterocycles. The number of carbonyl (C=O) groups is 2. The first-order chi connectivity index (χ1) is 10.7. The van der Waals surface area contributed by atoms with Crippen molar-refractivity contribution in [1.29, 1.82) is 5.26 Å². The number of nitrogens with zero attached hydrogens (tertiary/aromatic N) is 1. The van der Waals surface area contributed by atoms with Crippen molar-refractivity contribution in [1.82, 2.24) is 5.32 Å². The van der Waals surface area contributed by atoms with Gasteiger partial charge in [0.1, 0.15) is 18.0 Å². The van der Waals surface area contributed by atoms with Gasteiger partial charge in [0.2, 0.25) is 0 Å². The first-order valence-electron chi connectivity index (χ1n) is 6.95. The highest BCUT2D eigenvalue weighted by molar-refractivity contribution is 5.81. The van der Waals surface area contributed by atoms with E-state index in [1.807, 2.05) is 6.07 Å². The number of hydrogen-bond donors (Lipinski definition) is 1. The van der Waals surface area contributed by atoms with E-state index in [1.165, 1.54) is 13.2 Å². The fraction of sp³-hybridized carbons (Fsp3) is 0.438. The van der Waals surface area contributed by atoms with Crippen molar-refractivity contribution in [2.75, 3.05) is 13.7 Å². The van der Waals surface area contributed by atoms with E-state index in [2.05, 4.69) is 10.1 Å². The van der Waals surface area contributed by atoms with Crippen molar-refractivity contribution >= 4 is 12.1 Å². The molecular formula is C16H20N2O5. The Balaban J connectivity index is 2.70. The van der Waals surface area contributed by atoms with Crippen LogP contribution in [0.4, 0.5) is 4.79 Å². The fourth-order valence-corrected chi connectivity index (χ4v) is 1.60. The van der Waals surface area contributed by atoms with Crippen LogP contribution in [0.5, 0.6) is 5.75 Å². The number of ether oxygens (including phenoxy) is 3. The van der Waals surface area contributed by atoms with Gasteiger partial charge >= 0.3 is 12.1 Å². The monoisotopic (exact) mass is 320 g/mol. The topological polar surface area (TPSA) is 97.6 Å². The number of hydrogen-bond acceptors (Lipinski definition) is 6. The lowest BCUT2D eigenvalue weighted by molar-refractivity contribution is -0.143. The zero-order chi connectivity index (χ0) is 17.5. The molecule has 0 aliphatic carbocycles. The largest absolute Gasteiger partial charge is 0.491 e. The number of carbonyl (C=O) groups excluding carboxylic acids is 2. The summed E-state index contributed by atoms with van der Waals surface area (Å²) in [5.74, 6) is -0.253. The Bertz CT molecular complexity index is 601. The first kappa shape index (κ1) is 18.3. The van der Waals surface area contributed by atoms with Crippen LogP contribution < -0.4 is 10.1 Å². The predicted molar refractivity (Wildman–Crippen MR) is 81.8 cm³/mol. The molecule has 1 atom stereocenters. The van der Waals surface area contributed by atoms with Crippen molar-refractivity contribution < 1.29 is 23.8 Å². The van der Waals surface area contributed by atoms with Crippen LogP contribution in [0.3, 0.4) is 0 Å². The third-order valence-electron chi connectivity index (χ3n) is 2.56. The Morgan fingerprint density at radius 2 is 2.04 bits per heavy atom. The maximum Gasteiger partial charge on any atom is 0.408 e. The van der Waals surface area contributed by atoms with Gasteiger partial charge in [-0.2, -0.15) is 5.26 Å². The highest BCUT2D eigenvalue weighted by Crippen LogP contribution is 2.13. The molecule has 0 radical (unpaired) electrons. The van der Waals surface area contributed by atoms with Crippen molar-refractivity contribution in [3.63, 3.8) is 0 Å². The molecule has 0 saturated heterocycles. The van der Waals surface area contributed by atoms with E-state index in [9.17, 15) is 9.59 Å². The average molecular weight is 320 g/mol. The molecule has 1 aromatic carbocycles. The summed E-state index contributed by atoms with van der Waals surface area (Å²) in [5.41, 5.74) is -0.260. The van der Waals surface area contributed by atoms with Gasteiger partial charge in [-0.05, 0) is 39.0 Å². The maximum absolute atomic E-state index is 11.8. The van der Waals surface area contributed by atoms with Gasteiger partial charge in [0.15, 0.2) is 6.04 Å². The minimum atomic E-state index is -1.03. The van der Waals surface area contributed by atoms with Crippen LogP contribution in [0.25, 0.3) is 0 Å². The molecule has 1 rings (SSSR count). The zero-order valence-corrected chi connectivity index (χ0v) is 13.6. The molecule has 0 spiro atoms. The molecule has 23 heavy (non-hydrogen) atoms. The Morgan fingerprint density at radius 1 is 1.35 bits per heavy atom. The number of rotatable bonds is 5. The smallest absolute Gasteiger partial charge is 0.408 e. The molecule has 7 nitrogen and oxygen atoms in total. The maximum atomic E-state index is 11.8. The molecule has 0 fully saturated rings. The lowest BCUT2D eigenvalue weighted by Crippen LogP contribution is -2.47. The standard InChI is InChI=1S/C16H20N2O5/c1-16(2,3)23-15(20)18-13(14(19)21-4)10-22-12-7-5-6-11(8-12)9-17/h5-8,13H,10H2,1-4H3,(H,18,20). The Kier molecular flexibility index (Phi) is 6.39. The van der Waals surface area contributed by atoms with E-state index in [-0.39, 0.29) is 6.61 Å². The van der Waals surface area contributed by atoms with Gasteiger partial charge in [-0.3, -0.25) is 0 Å². The molecule has 124 valence electrons. The highest BCUT2D eigenvalue weighted by atomic mass is 16.6. The molecule has 1 unspecified atom stereocenters. The molecule has 0 heterocycles. The summed E-state index contributed by atoms with van der Waals surface area (Å²) in [7, 11) is 1.21. The van der Waals surface area contributed by atoms with Gasteiger partial charge < -0.3 is 19.5 Å². The molecule has 0 aliphatic heterocycles. The van der Waals surface area contributed by atoms with Crippen LogP contribution in [0.1, 0.15) is 26.3 Å². The summed E-state index contributed by atoms with van der Waals surface area (Å²) < 4.78 is 15.2. The van der Waals surface area contributed by atoms with Gasteiger partial charge in [0, 0.05) is 0 Å². The van der Waals surface area contributed by atoms with Crippen molar-refractivity contribution in [3.05, 3.63) is 29.8 Å². The fourth-order valence-electron chi connectivity index (χ4n) is 1.60. The Morgan fingerprint density at radius 3 is 2.61 bits per heavy atom. The normalized spacial score (nSPS) is 11.8. The van der Waals surface area contributed by atoms with Gasteiger partial charge in [0.25, 0.3) is 0 Å². The van der Waals surface area contributed by atoms with Crippen molar-refractivity contribution in [3.8, 4) is 11.8 Å². The molecule has 0 aliphatic rings. The van der Waals surface area contributed by atoms with Gasteiger partial charge in [-0.25, -0.2) is 9.59 Å². The van der Waals surface area contributed by atoms with Crippen LogP contribution in [0, 0.1) is 11.3 Å². The molecule has 1 amide bonds. The average Bonchev–Trinajstić information content (AvgIpc) is 2.49. The van der Waals surface area contributed by atoms with Crippen molar-refractivity contribution in [2.24, 2.45) is 0 Å². The Labute approximate surface area is 135 Å². The lowest BCUT2D eigenvalue weighted by Gasteiger charge is -2.22. The molecule has 0 bridgehead atoms. The second-order valence-electron chi connectivity index (χ2n) is 5.67. The number of nitrogens with one attached hydrogen (secondary N) is 1. The third kappa shape index (κ3) is 6.70. The van der Waals surface area contributed by atoms with E-state index >= 15 is 0 Å². The first-order valence-corrected chi connectivity index (χ1v) is 6.95. The summed E-state index contributed by atoms with van der Waals surface area (Å²) in [6, 6.07) is 7.41. The van der Waals surface area contributed by atoms with Crippen LogP contribution in [0.2, 0.25) is 0 Å². The van der Waals surface area contributed by atoms with Gasteiger partial charge in [0.05, 0.1) is 18.7 Å². The number of methoxy groups -OCH3 is 1. The summed E-state index contributed by atoms with van der Waals surface area (Å²) in [6.45, 7) is 4.98. The zero-order valence-electron chi connectivity index (χ0n) is 13.6. The summed E-state index contributed by atoms with van der Waals surface area (Å²) in [6.07, 6.45) is -0.748. The summed E-state index contributed by atoms with van der Waals surface area (Å²) >= 11 is 0. The van der Waals surface area contributed by atoms with E-state index in [0.717, 1.165) is 0 Å². The molecular weight excluding hydrogens is 300 g/mol. The van der Waals surface area contributed by atoms with Gasteiger partial charge in [-0.1, -0.05) is 6.07 Å².